The second kappa shape index (κ2) is 12.5. The van der Waals surface area contributed by atoms with E-state index in [1.165, 1.54) is 18.3 Å². The van der Waals surface area contributed by atoms with Crippen molar-refractivity contribution in [2.45, 2.75) is 18.0 Å². The number of anilines is 1. The zero-order chi connectivity index (χ0) is 26.8. The van der Waals surface area contributed by atoms with Crippen LogP contribution in [-0.2, 0) is 32.8 Å². The first-order valence-electron chi connectivity index (χ1n) is 11.4. The number of ether oxygens (including phenoxy) is 1. The molecule has 0 saturated carbocycles. The van der Waals surface area contributed by atoms with Crippen molar-refractivity contribution in [2.75, 3.05) is 5.32 Å². The summed E-state index contributed by atoms with van der Waals surface area (Å²) >= 11 is 0. The minimum absolute atomic E-state index is 0.0735. The first-order valence-corrected chi connectivity index (χ1v) is 12.9. The van der Waals surface area contributed by atoms with Gasteiger partial charge in [-0.2, -0.15) is 5.10 Å². The molecule has 0 spiro atoms. The lowest BCUT2D eigenvalue weighted by atomic mass is 10.2. The standard InChI is InChI=1S/C27H24N4O6S/c32-26(30-21-11-13-22(14-12-21)36-19-20-7-3-1-4-8-20)27(33)31-28-17-23-15-16-24(37-23)18-29-38(34,35)25-9-5-2-6-10-25/h1-17,29H,18-19H2,(H,30,32)(H,31,33)/b28-17+. The normalized spacial score (nSPS) is 11.3. The Kier molecular flexibility index (Phi) is 8.65. The summed E-state index contributed by atoms with van der Waals surface area (Å²) in [6, 6.07) is 27.4. The summed E-state index contributed by atoms with van der Waals surface area (Å²) in [7, 11) is -3.68. The van der Waals surface area contributed by atoms with E-state index in [4.69, 9.17) is 9.15 Å². The molecule has 11 heteroatoms. The van der Waals surface area contributed by atoms with Crippen LogP contribution in [-0.4, -0.2) is 26.4 Å². The molecule has 194 valence electrons. The highest BCUT2D eigenvalue weighted by atomic mass is 32.2. The molecule has 3 aromatic carbocycles. The predicted octanol–water partition coefficient (Wildman–Crippen LogP) is 3.43. The van der Waals surface area contributed by atoms with E-state index in [1.54, 1.807) is 54.6 Å². The van der Waals surface area contributed by atoms with Gasteiger partial charge in [-0.05, 0) is 54.1 Å². The molecule has 38 heavy (non-hydrogen) atoms. The highest BCUT2D eigenvalue weighted by Crippen LogP contribution is 2.17. The Morgan fingerprint density at radius 1 is 0.842 bits per heavy atom. The van der Waals surface area contributed by atoms with Crippen LogP contribution in [0.3, 0.4) is 0 Å². The molecule has 0 aliphatic heterocycles. The molecule has 0 atom stereocenters. The van der Waals surface area contributed by atoms with Crippen molar-refractivity contribution in [1.82, 2.24) is 10.1 Å². The molecule has 4 rings (SSSR count). The quantitative estimate of drug-likeness (QED) is 0.162. The summed E-state index contributed by atoms with van der Waals surface area (Å²) in [4.78, 5) is 24.3. The van der Waals surface area contributed by atoms with E-state index in [0.29, 0.717) is 23.8 Å². The van der Waals surface area contributed by atoms with Gasteiger partial charge in [-0.1, -0.05) is 48.5 Å². The number of nitrogens with one attached hydrogen (secondary N) is 3. The lowest BCUT2D eigenvalue weighted by molar-refractivity contribution is -0.136. The van der Waals surface area contributed by atoms with Gasteiger partial charge in [0.1, 0.15) is 23.9 Å². The number of nitrogens with zero attached hydrogens (tertiary/aromatic N) is 1. The zero-order valence-corrected chi connectivity index (χ0v) is 20.9. The van der Waals surface area contributed by atoms with Gasteiger partial charge in [0, 0.05) is 5.69 Å². The lowest BCUT2D eigenvalue weighted by Crippen LogP contribution is -2.32. The Labute approximate surface area is 219 Å². The first kappa shape index (κ1) is 26.3. The molecule has 0 saturated heterocycles. The van der Waals surface area contributed by atoms with E-state index >= 15 is 0 Å². The van der Waals surface area contributed by atoms with Crippen molar-refractivity contribution >= 4 is 33.7 Å². The highest BCUT2D eigenvalue weighted by molar-refractivity contribution is 7.89. The number of amides is 2. The summed E-state index contributed by atoms with van der Waals surface area (Å²) < 4.78 is 38.2. The molecule has 1 heterocycles. The molecule has 10 nitrogen and oxygen atoms in total. The molecule has 2 amide bonds. The Morgan fingerprint density at radius 3 is 2.24 bits per heavy atom. The third kappa shape index (κ3) is 7.63. The number of rotatable bonds is 10. The van der Waals surface area contributed by atoms with E-state index in [0.717, 1.165) is 5.56 Å². The van der Waals surface area contributed by atoms with Gasteiger partial charge in [0.15, 0.2) is 0 Å². The van der Waals surface area contributed by atoms with Crippen molar-refractivity contribution in [3.8, 4) is 5.75 Å². The summed E-state index contributed by atoms with van der Waals surface area (Å²) in [6.45, 7) is 0.337. The van der Waals surface area contributed by atoms with Crippen LogP contribution in [0.15, 0.2) is 111 Å². The number of hydrogen-bond donors (Lipinski definition) is 3. The fraction of sp³-hybridized carbons (Fsp3) is 0.0741. The Morgan fingerprint density at radius 2 is 1.53 bits per heavy atom. The third-order valence-corrected chi connectivity index (χ3v) is 6.51. The Bertz CT molecular complexity index is 1500. The molecular weight excluding hydrogens is 508 g/mol. The van der Waals surface area contributed by atoms with Crippen LogP contribution in [0.25, 0.3) is 0 Å². The summed E-state index contributed by atoms with van der Waals surface area (Å²) in [5, 5.41) is 6.17. The first-order chi connectivity index (χ1) is 18.4. The van der Waals surface area contributed by atoms with Crippen LogP contribution in [0.4, 0.5) is 5.69 Å². The van der Waals surface area contributed by atoms with Crippen LogP contribution in [0, 0.1) is 0 Å². The lowest BCUT2D eigenvalue weighted by Gasteiger charge is -2.08. The molecule has 0 radical (unpaired) electrons. The molecule has 0 bridgehead atoms. The molecule has 3 N–H and O–H groups in total. The van der Waals surface area contributed by atoms with Crippen molar-refractivity contribution in [1.29, 1.82) is 0 Å². The van der Waals surface area contributed by atoms with Crippen LogP contribution in [0.5, 0.6) is 5.75 Å². The second-order valence-corrected chi connectivity index (χ2v) is 9.66. The van der Waals surface area contributed by atoms with Crippen molar-refractivity contribution in [3.05, 3.63) is 114 Å². The van der Waals surface area contributed by atoms with Gasteiger partial charge in [-0.15, -0.1) is 0 Å². The molecule has 0 unspecified atom stereocenters. The van der Waals surface area contributed by atoms with Crippen LogP contribution in [0.1, 0.15) is 17.1 Å². The van der Waals surface area contributed by atoms with Gasteiger partial charge in [0.05, 0.1) is 17.7 Å². The fourth-order valence-corrected chi connectivity index (χ4v) is 4.19. The number of hydrazone groups is 1. The second-order valence-electron chi connectivity index (χ2n) is 7.89. The number of hydrogen-bond acceptors (Lipinski definition) is 7. The molecule has 0 aliphatic rings. The summed E-state index contributed by atoms with van der Waals surface area (Å²) in [5.41, 5.74) is 3.55. The van der Waals surface area contributed by atoms with Gasteiger partial charge in [0.25, 0.3) is 0 Å². The smallest absolute Gasteiger partial charge is 0.329 e. The minimum atomic E-state index is -3.68. The van der Waals surface area contributed by atoms with Gasteiger partial charge in [0.2, 0.25) is 10.0 Å². The monoisotopic (exact) mass is 532 g/mol. The summed E-state index contributed by atoms with van der Waals surface area (Å²) in [5.74, 6) is -0.674. The third-order valence-electron chi connectivity index (χ3n) is 5.10. The van der Waals surface area contributed by atoms with Gasteiger partial charge < -0.3 is 14.5 Å². The Hall–Kier alpha value is -4.74. The van der Waals surface area contributed by atoms with Gasteiger partial charge >= 0.3 is 11.8 Å². The van der Waals surface area contributed by atoms with E-state index in [1.807, 2.05) is 30.3 Å². The largest absolute Gasteiger partial charge is 0.489 e. The van der Waals surface area contributed by atoms with E-state index in [-0.39, 0.29) is 17.2 Å². The number of sulfonamides is 1. The fourth-order valence-electron chi connectivity index (χ4n) is 3.18. The SMILES string of the molecule is O=C(N/N=C/c1ccc(CNS(=O)(=O)c2ccccc2)o1)C(=O)Nc1ccc(OCc2ccccc2)cc1. The Balaban J connectivity index is 1.21. The molecular formula is C27H24N4O6S. The van der Waals surface area contributed by atoms with Crippen LogP contribution >= 0.6 is 0 Å². The average Bonchev–Trinajstić information content (AvgIpc) is 3.40. The molecule has 0 fully saturated rings. The zero-order valence-electron chi connectivity index (χ0n) is 20.0. The maximum atomic E-state index is 12.3. The van der Waals surface area contributed by atoms with E-state index in [9.17, 15) is 18.0 Å². The number of carbonyl (C=O) groups excluding carboxylic acids is 2. The van der Waals surface area contributed by atoms with Crippen LogP contribution < -0.4 is 20.2 Å². The van der Waals surface area contributed by atoms with Gasteiger partial charge in [-0.3, -0.25) is 9.59 Å². The van der Waals surface area contributed by atoms with Crippen molar-refractivity contribution in [3.63, 3.8) is 0 Å². The summed E-state index contributed by atoms with van der Waals surface area (Å²) in [6.07, 6.45) is 1.19. The molecule has 1 aromatic heterocycles. The highest BCUT2D eigenvalue weighted by Gasteiger charge is 2.15. The number of benzene rings is 3. The maximum Gasteiger partial charge on any atom is 0.329 e. The van der Waals surface area contributed by atoms with Crippen LogP contribution in [0.2, 0.25) is 0 Å². The molecule has 0 aliphatic carbocycles. The topological polar surface area (TPSA) is 139 Å². The van der Waals surface area contributed by atoms with Crippen molar-refractivity contribution < 1.29 is 27.2 Å². The number of carbonyl (C=O) groups is 2. The van der Waals surface area contributed by atoms with E-state index in [2.05, 4.69) is 20.6 Å². The van der Waals surface area contributed by atoms with Crippen molar-refractivity contribution in [2.24, 2.45) is 5.10 Å². The van der Waals surface area contributed by atoms with E-state index < -0.39 is 21.8 Å². The maximum absolute atomic E-state index is 12.3. The predicted molar refractivity (Wildman–Crippen MR) is 141 cm³/mol. The molecule has 4 aromatic rings. The average molecular weight is 533 g/mol. The minimum Gasteiger partial charge on any atom is -0.489 e. The number of furan rings is 1. The van der Waals surface area contributed by atoms with Gasteiger partial charge in [-0.25, -0.2) is 18.6 Å².